The molecule has 0 spiro atoms. The van der Waals surface area contributed by atoms with Crippen LogP contribution in [0.4, 0.5) is 13.6 Å². The van der Waals surface area contributed by atoms with Crippen LogP contribution in [0.25, 0.3) is 0 Å². The summed E-state index contributed by atoms with van der Waals surface area (Å²) in [7, 11) is 1.74. The molecular formula is C22H30BF2NO3. The van der Waals surface area contributed by atoms with E-state index >= 15 is 0 Å². The molecule has 0 radical (unpaired) electrons. The molecule has 1 saturated heterocycles. The first kappa shape index (κ1) is 21.8. The van der Waals surface area contributed by atoms with Gasteiger partial charge in [-0.15, -0.1) is 0 Å². The average molecular weight is 405 g/mol. The molecule has 1 saturated carbocycles. The minimum Gasteiger partial charge on any atom is -0.449 e. The van der Waals surface area contributed by atoms with Gasteiger partial charge in [-0.2, -0.15) is 8.78 Å². The van der Waals surface area contributed by atoms with E-state index in [1.807, 2.05) is 0 Å². The fraction of sp³-hybridized carbons (Fsp3) is 0.591. The van der Waals surface area contributed by atoms with E-state index in [9.17, 15) is 18.7 Å². The zero-order valence-electron chi connectivity index (χ0n) is 17.0. The Labute approximate surface area is 172 Å². The van der Waals surface area contributed by atoms with E-state index in [0.717, 1.165) is 12.5 Å². The van der Waals surface area contributed by atoms with Crippen molar-refractivity contribution in [3.05, 3.63) is 42.0 Å². The summed E-state index contributed by atoms with van der Waals surface area (Å²) >= 11 is 0. The van der Waals surface area contributed by atoms with Gasteiger partial charge in [0.05, 0.1) is 12.6 Å². The van der Waals surface area contributed by atoms with Gasteiger partial charge in [0, 0.05) is 18.5 Å². The highest BCUT2D eigenvalue weighted by Gasteiger charge is 2.39. The first-order valence-corrected chi connectivity index (χ1v) is 10.6. The van der Waals surface area contributed by atoms with E-state index in [0.29, 0.717) is 24.3 Å². The maximum atomic E-state index is 14.6. The number of hydrogen-bond acceptors (Lipinski definition) is 3. The number of halogens is 2. The summed E-state index contributed by atoms with van der Waals surface area (Å²) in [5.74, 6) is -2.79. The summed E-state index contributed by atoms with van der Waals surface area (Å²) in [5, 5.41) is 10.2. The summed E-state index contributed by atoms with van der Waals surface area (Å²) in [6, 6.07) is 5.66. The lowest BCUT2D eigenvalue weighted by Crippen LogP contribution is -2.45. The Morgan fingerprint density at radius 1 is 1.28 bits per heavy atom. The fourth-order valence-corrected chi connectivity index (χ4v) is 4.27. The zero-order chi connectivity index (χ0) is 20.9. The monoisotopic (exact) mass is 405 g/mol. The van der Waals surface area contributed by atoms with Gasteiger partial charge in [0.1, 0.15) is 14.0 Å². The van der Waals surface area contributed by atoms with Crippen molar-refractivity contribution in [2.24, 2.45) is 5.92 Å². The molecule has 1 aliphatic heterocycles. The zero-order valence-corrected chi connectivity index (χ0v) is 17.0. The van der Waals surface area contributed by atoms with Gasteiger partial charge in [0.2, 0.25) is 0 Å². The summed E-state index contributed by atoms with van der Waals surface area (Å²) in [4.78, 5) is 13.9. The van der Waals surface area contributed by atoms with Crippen LogP contribution in [0.15, 0.2) is 36.4 Å². The lowest BCUT2D eigenvalue weighted by Gasteiger charge is -2.35. The number of carbonyl (C=O) groups is 1. The van der Waals surface area contributed by atoms with Gasteiger partial charge in [0.25, 0.3) is 0 Å². The Hall–Kier alpha value is -1.89. The van der Waals surface area contributed by atoms with Gasteiger partial charge in [-0.25, -0.2) is 4.79 Å². The number of benzene rings is 1. The highest BCUT2D eigenvalue weighted by Crippen LogP contribution is 2.32. The third-order valence-electron chi connectivity index (χ3n) is 6.07. The van der Waals surface area contributed by atoms with E-state index in [4.69, 9.17) is 4.74 Å². The molecule has 1 aromatic carbocycles. The minimum atomic E-state index is -3.40. The van der Waals surface area contributed by atoms with Crippen LogP contribution < -0.4 is 5.46 Å². The van der Waals surface area contributed by atoms with E-state index in [2.05, 4.69) is 0 Å². The summed E-state index contributed by atoms with van der Waals surface area (Å²) in [6.45, 7) is 0.820. The Morgan fingerprint density at radius 2 is 2.03 bits per heavy atom. The van der Waals surface area contributed by atoms with Crippen molar-refractivity contribution in [1.82, 2.24) is 4.90 Å². The van der Waals surface area contributed by atoms with Crippen molar-refractivity contribution in [3.8, 4) is 0 Å². The molecule has 1 aliphatic carbocycles. The standard InChI is InChI=1S/C22H30BF2NO3/c23-18-8-4-7-17(15-18)22(24,25)20(27)10-9-19-12-14-29-21(28)26(19)13-11-16-5-2-1-3-6-16/h4,7-10,15-16,19-20,27H,1-3,5-6,11-14,23H2/b10-9+/t19-,20+/m0/s1. The molecule has 2 fully saturated rings. The second-order valence-corrected chi connectivity index (χ2v) is 8.28. The predicted molar refractivity (Wildman–Crippen MR) is 111 cm³/mol. The van der Waals surface area contributed by atoms with Crippen LogP contribution in [0.3, 0.4) is 0 Å². The van der Waals surface area contributed by atoms with Gasteiger partial charge < -0.3 is 14.7 Å². The van der Waals surface area contributed by atoms with Crippen molar-refractivity contribution >= 4 is 19.4 Å². The summed E-state index contributed by atoms with van der Waals surface area (Å²) < 4.78 is 34.4. The molecule has 7 heteroatoms. The second kappa shape index (κ2) is 9.74. The number of cyclic esters (lactones) is 1. The SMILES string of the molecule is Bc1cccc(C(F)(F)[C@H](O)/C=C/[C@H]2CCOC(=O)N2CCC2CCCCC2)c1. The van der Waals surface area contributed by atoms with Crippen LogP contribution >= 0.6 is 0 Å². The topological polar surface area (TPSA) is 49.8 Å². The summed E-state index contributed by atoms with van der Waals surface area (Å²) in [6.07, 6.45) is 7.86. The number of hydrogen-bond donors (Lipinski definition) is 1. The number of ether oxygens (including phenoxy) is 1. The fourth-order valence-electron chi connectivity index (χ4n) is 4.27. The van der Waals surface area contributed by atoms with Crippen molar-refractivity contribution in [2.75, 3.05) is 13.2 Å². The Morgan fingerprint density at radius 3 is 2.76 bits per heavy atom. The van der Waals surface area contributed by atoms with Crippen LogP contribution in [-0.2, 0) is 10.7 Å². The van der Waals surface area contributed by atoms with E-state index in [1.54, 1.807) is 24.9 Å². The van der Waals surface area contributed by atoms with Gasteiger partial charge in [0.15, 0.2) is 0 Å². The number of carbonyl (C=O) groups excluding carboxylic acids is 1. The second-order valence-electron chi connectivity index (χ2n) is 8.28. The minimum absolute atomic E-state index is 0.216. The lowest BCUT2D eigenvalue weighted by atomic mass is 9.87. The molecule has 0 bridgehead atoms. The molecule has 1 heterocycles. The van der Waals surface area contributed by atoms with Gasteiger partial charge >= 0.3 is 12.0 Å². The maximum Gasteiger partial charge on any atom is 0.410 e. The molecule has 0 unspecified atom stereocenters. The Kier molecular flexibility index (Phi) is 7.33. The van der Waals surface area contributed by atoms with Crippen LogP contribution in [0, 0.1) is 5.92 Å². The molecule has 1 N–H and O–H groups in total. The van der Waals surface area contributed by atoms with Crippen LogP contribution in [0.5, 0.6) is 0 Å². The Balaban J connectivity index is 1.64. The van der Waals surface area contributed by atoms with E-state index < -0.39 is 18.1 Å². The van der Waals surface area contributed by atoms with Gasteiger partial charge in [-0.1, -0.05) is 74.0 Å². The number of amides is 1. The van der Waals surface area contributed by atoms with Crippen molar-refractivity contribution in [3.63, 3.8) is 0 Å². The van der Waals surface area contributed by atoms with Crippen LogP contribution in [0.1, 0.15) is 50.5 Å². The molecule has 158 valence electrons. The predicted octanol–water partition coefficient (Wildman–Crippen LogP) is 3.14. The first-order chi connectivity index (χ1) is 13.9. The molecule has 0 aromatic heterocycles. The highest BCUT2D eigenvalue weighted by molar-refractivity contribution is 6.32. The smallest absolute Gasteiger partial charge is 0.410 e. The molecule has 1 amide bonds. The Bertz CT molecular complexity index is 722. The molecular weight excluding hydrogens is 375 g/mol. The van der Waals surface area contributed by atoms with Crippen LogP contribution in [-0.4, -0.2) is 49.2 Å². The quantitative estimate of drug-likeness (QED) is 0.560. The normalized spacial score (nSPS) is 22.7. The van der Waals surface area contributed by atoms with E-state index in [1.165, 1.54) is 50.3 Å². The van der Waals surface area contributed by atoms with Gasteiger partial charge in [-0.05, 0) is 12.3 Å². The van der Waals surface area contributed by atoms with Gasteiger partial charge in [-0.3, -0.25) is 0 Å². The lowest BCUT2D eigenvalue weighted by molar-refractivity contribution is -0.0929. The average Bonchev–Trinajstić information content (AvgIpc) is 2.72. The molecule has 1 aromatic rings. The molecule has 4 nitrogen and oxygen atoms in total. The molecule has 2 aliphatic rings. The third kappa shape index (κ3) is 5.59. The highest BCUT2D eigenvalue weighted by atomic mass is 19.3. The first-order valence-electron chi connectivity index (χ1n) is 10.6. The molecule has 3 rings (SSSR count). The van der Waals surface area contributed by atoms with Crippen molar-refractivity contribution in [2.45, 2.75) is 63.0 Å². The summed E-state index contributed by atoms with van der Waals surface area (Å²) in [5.41, 5.74) is 0.495. The van der Waals surface area contributed by atoms with Crippen molar-refractivity contribution in [1.29, 1.82) is 0 Å². The van der Waals surface area contributed by atoms with Crippen molar-refractivity contribution < 1.29 is 23.4 Å². The number of aliphatic hydroxyl groups excluding tert-OH is 1. The number of rotatable bonds is 7. The number of aliphatic hydroxyl groups is 1. The largest absolute Gasteiger partial charge is 0.449 e. The third-order valence-corrected chi connectivity index (χ3v) is 6.07. The number of alkyl halides is 2. The van der Waals surface area contributed by atoms with E-state index in [-0.39, 0.29) is 18.2 Å². The maximum absolute atomic E-state index is 14.6. The van der Waals surface area contributed by atoms with Crippen LogP contribution in [0.2, 0.25) is 0 Å². The molecule has 29 heavy (non-hydrogen) atoms. The molecule has 2 atom stereocenters. The number of nitrogens with zero attached hydrogens (tertiary/aromatic N) is 1.